The van der Waals surface area contributed by atoms with Crippen molar-refractivity contribution in [1.29, 1.82) is 0 Å². The molecule has 4 nitrogen and oxygen atoms in total. The SMILES string of the molecule is Fc1cccc(N2CCN(CCCOc3ccccc3)CC2)n1. The van der Waals surface area contributed by atoms with Crippen LogP contribution in [-0.4, -0.2) is 49.2 Å². The van der Waals surface area contributed by atoms with Gasteiger partial charge in [0, 0.05) is 32.7 Å². The first kappa shape index (κ1) is 15.7. The summed E-state index contributed by atoms with van der Waals surface area (Å²) in [6.07, 6.45) is 1.01. The average Bonchev–Trinajstić information content (AvgIpc) is 2.60. The first-order chi connectivity index (χ1) is 11.3. The second-order valence-electron chi connectivity index (χ2n) is 5.66. The zero-order valence-corrected chi connectivity index (χ0v) is 13.2. The second kappa shape index (κ2) is 7.92. The van der Waals surface area contributed by atoms with Crippen molar-refractivity contribution in [1.82, 2.24) is 9.88 Å². The van der Waals surface area contributed by atoms with Crippen molar-refractivity contribution in [2.75, 3.05) is 44.2 Å². The van der Waals surface area contributed by atoms with E-state index in [0.29, 0.717) is 0 Å². The molecule has 0 N–H and O–H groups in total. The molecule has 0 atom stereocenters. The van der Waals surface area contributed by atoms with Gasteiger partial charge in [0.25, 0.3) is 0 Å². The van der Waals surface area contributed by atoms with Gasteiger partial charge in [-0.25, -0.2) is 4.98 Å². The number of halogens is 1. The smallest absolute Gasteiger partial charge is 0.214 e. The number of nitrogens with zero attached hydrogens (tertiary/aromatic N) is 3. The van der Waals surface area contributed by atoms with E-state index in [1.165, 1.54) is 6.07 Å². The molecular weight excluding hydrogens is 293 g/mol. The van der Waals surface area contributed by atoms with Crippen molar-refractivity contribution >= 4 is 5.82 Å². The van der Waals surface area contributed by atoms with Crippen LogP contribution in [0.4, 0.5) is 10.2 Å². The number of benzene rings is 1. The van der Waals surface area contributed by atoms with Crippen LogP contribution < -0.4 is 9.64 Å². The first-order valence-electron chi connectivity index (χ1n) is 8.09. The molecule has 1 aliphatic heterocycles. The number of hydrogen-bond acceptors (Lipinski definition) is 4. The van der Waals surface area contributed by atoms with E-state index in [1.807, 2.05) is 36.4 Å². The van der Waals surface area contributed by atoms with E-state index in [-0.39, 0.29) is 0 Å². The van der Waals surface area contributed by atoms with Gasteiger partial charge >= 0.3 is 0 Å². The van der Waals surface area contributed by atoms with Crippen LogP contribution in [0.25, 0.3) is 0 Å². The Balaban J connectivity index is 1.36. The summed E-state index contributed by atoms with van der Waals surface area (Å²) in [5, 5.41) is 0. The van der Waals surface area contributed by atoms with E-state index in [4.69, 9.17) is 4.74 Å². The van der Waals surface area contributed by atoms with Gasteiger partial charge in [-0.15, -0.1) is 0 Å². The number of aromatic nitrogens is 1. The topological polar surface area (TPSA) is 28.6 Å². The summed E-state index contributed by atoms with van der Waals surface area (Å²) in [6, 6.07) is 14.9. The molecule has 0 spiro atoms. The molecule has 0 amide bonds. The molecule has 122 valence electrons. The molecular formula is C18H22FN3O. The highest BCUT2D eigenvalue weighted by Crippen LogP contribution is 2.14. The van der Waals surface area contributed by atoms with Crippen LogP contribution in [0, 0.1) is 5.95 Å². The molecule has 2 heterocycles. The number of hydrogen-bond donors (Lipinski definition) is 0. The van der Waals surface area contributed by atoms with E-state index < -0.39 is 5.95 Å². The maximum Gasteiger partial charge on any atom is 0.214 e. The molecule has 1 aromatic heterocycles. The Morgan fingerprint density at radius 2 is 1.74 bits per heavy atom. The van der Waals surface area contributed by atoms with Crippen molar-refractivity contribution in [2.24, 2.45) is 0 Å². The van der Waals surface area contributed by atoms with Gasteiger partial charge in [0.1, 0.15) is 11.6 Å². The molecule has 0 bridgehead atoms. The number of rotatable bonds is 6. The van der Waals surface area contributed by atoms with Crippen LogP contribution in [0.5, 0.6) is 5.75 Å². The minimum Gasteiger partial charge on any atom is -0.494 e. The van der Waals surface area contributed by atoms with Crippen molar-refractivity contribution in [3.8, 4) is 5.75 Å². The van der Waals surface area contributed by atoms with Crippen molar-refractivity contribution in [2.45, 2.75) is 6.42 Å². The van der Waals surface area contributed by atoms with E-state index in [2.05, 4.69) is 14.8 Å². The minimum atomic E-state index is -0.414. The third kappa shape index (κ3) is 4.66. The van der Waals surface area contributed by atoms with Gasteiger partial charge in [-0.3, -0.25) is 4.90 Å². The molecule has 23 heavy (non-hydrogen) atoms. The lowest BCUT2D eigenvalue weighted by atomic mass is 10.3. The predicted octanol–water partition coefficient (Wildman–Crippen LogP) is 2.81. The molecule has 0 saturated carbocycles. The van der Waals surface area contributed by atoms with Gasteiger partial charge in [0.15, 0.2) is 0 Å². The van der Waals surface area contributed by atoms with Crippen molar-refractivity contribution < 1.29 is 9.13 Å². The molecule has 0 unspecified atom stereocenters. The molecule has 5 heteroatoms. The fourth-order valence-corrected chi connectivity index (χ4v) is 2.77. The third-order valence-corrected chi connectivity index (χ3v) is 4.03. The Morgan fingerprint density at radius 1 is 0.957 bits per heavy atom. The zero-order valence-electron chi connectivity index (χ0n) is 13.2. The summed E-state index contributed by atoms with van der Waals surface area (Å²) >= 11 is 0. The molecule has 1 fully saturated rings. The second-order valence-corrected chi connectivity index (χ2v) is 5.66. The summed E-state index contributed by atoms with van der Waals surface area (Å²) in [4.78, 5) is 8.51. The molecule has 1 aromatic carbocycles. The molecule has 3 rings (SSSR count). The average molecular weight is 315 g/mol. The number of anilines is 1. The van der Waals surface area contributed by atoms with E-state index in [9.17, 15) is 4.39 Å². The number of piperazine rings is 1. The zero-order chi connectivity index (χ0) is 15.9. The quantitative estimate of drug-likeness (QED) is 0.605. The monoisotopic (exact) mass is 315 g/mol. The van der Waals surface area contributed by atoms with E-state index >= 15 is 0 Å². The Bertz CT molecular complexity index is 600. The summed E-state index contributed by atoms with van der Waals surface area (Å²) in [5.41, 5.74) is 0. The van der Waals surface area contributed by atoms with Crippen LogP contribution >= 0.6 is 0 Å². The minimum absolute atomic E-state index is 0.414. The number of para-hydroxylation sites is 1. The van der Waals surface area contributed by atoms with Gasteiger partial charge in [0.2, 0.25) is 5.95 Å². The Morgan fingerprint density at radius 3 is 2.48 bits per heavy atom. The van der Waals surface area contributed by atoms with Crippen molar-refractivity contribution in [3.05, 3.63) is 54.5 Å². The van der Waals surface area contributed by atoms with Crippen LogP contribution in [0.3, 0.4) is 0 Å². The van der Waals surface area contributed by atoms with E-state index in [0.717, 1.165) is 57.3 Å². The fraction of sp³-hybridized carbons (Fsp3) is 0.389. The molecule has 1 aliphatic rings. The number of ether oxygens (including phenoxy) is 1. The van der Waals surface area contributed by atoms with Crippen LogP contribution in [0.15, 0.2) is 48.5 Å². The Labute approximate surface area is 136 Å². The standard InChI is InChI=1S/C18H22FN3O/c19-17-8-4-9-18(20-17)22-13-11-21(12-14-22)10-5-15-23-16-6-2-1-3-7-16/h1-4,6-9H,5,10-15H2. The largest absolute Gasteiger partial charge is 0.494 e. The lowest BCUT2D eigenvalue weighted by molar-refractivity contribution is 0.224. The summed E-state index contributed by atoms with van der Waals surface area (Å²) in [5.74, 6) is 1.24. The summed E-state index contributed by atoms with van der Waals surface area (Å²) in [7, 11) is 0. The maximum absolute atomic E-state index is 13.2. The van der Waals surface area contributed by atoms with Gasteiger partial charge in [-0.05, 0) is 30.7 Å². The number of pyridine rings is 1. The summed E-state index contributed by atoms with van der Waals surface area (Å²) < 4.78 is 18.9. The van der Waals surface area contributed by atoms with Crippen LogP contribution in [-0.2, 0) is 0 Å². The predicted molar refractivity (Wildman–Crippen MR) is 89.4 cm³/mol. The fourth-order valence-electron chi connectivity index (χ4n) is 2.77. The highest BCUT2D eigenvalue weighted by Gasteiger charge is 2.17. The third-order valence-electron chi connectivity index (χ3n) is 4.03. The van der Waals surface area contributed by atoms with Crippen LogP contribution in [0.1, 0.15) is 6.42 Å². The lowest BCUT2D eigenvalue weighted by Crippen LogP contribution is -2.47. The highest BCUT2D eigenvalue weighted by atomic mass is 19.1. The molecule has 1 saturated heterocycles. The van der Waals surface area contributed by atoms with Gasteiger partial charge in [0.05, 0.1) is 6.61 Å². The molecule has 2 aromatic rings. The normalized spacial score (nSPS) is 15.6. The summed E-state index contributed by atoms with van der Waals surface area (Å²) in [6.45, 7) is 5.48. The molecule has 0 aliphatic carbocycles. The Kier molecular flexibility index (Phi) is 5.42. The first-order valence-corrected chi connectivity index (χ1v) is 8.09. The van der Waals surface area contributed by atoms with Gasteiger partial charge in [-0.2, -0.15) is 4.39 Å². The van der Waals surface area contributed by atoms with Crippen molar-refractivity contribution in [3.63, 3.8) is 0 Å². The maximum atomic E-state index is 13.2. The lowest BCUT2D eigenvalue weighted by Gasteiger charge is -2.35. The van der Waals surface area contributed by atoms with Gasteiger partial charge < -0.3 is 9.64 Å². The molecule has 0 radical (unpaired) electrons. The van der Waals surface area contributed by atoms with Gasteiger partial charge in [-0.1, -0.05) is 24.3 Å². The Hall–Kier alpha value is -2.14. The van der Waals surface area contributed by atoms with E-state index in [1.54, 1.807) is 6.07 Å². The van der Waals surface area contributed by atoms with Crippen LogP contribution in [0.2, 0.25) is 0 Å². The highest BCUT2D eigenvalue weighted by molar-refractivity contribution is 5.38.